The lowest BCUT2D eigenvalue weighted by molar-refractivity contribution is -0.143. The van der Waals surface area contributed by atoms with E-state index in [4.69, 9.17) is 0 Å². The lowest BCUT2D eigenvalue weighted by Crippen LogP contribution is -2.45. The fraction of sp³-hybridized carbons (Fsp3) is 0.455. The number of hydrogen-bond donors (Lipinski definition) is 0. The molecule has 7 nitrogen and oxygen atoms in total. The van der Waals surface area contributed by atoms with Gasteiger partial charge in [-0.3, -0.25) is 19.3 Å². The van der Waals surface area contributed by atoms with Crippen LogP contribution in [0.2, 0.25) is 0 Å². The van der Waals surface area contributed by atoms with E-state index in [9.17, 15) is 19.2 Å². The average Bonchev–Trinajstić information content (AvgIpc) is 3.16. The van der Waals surface area contributed by atoms with E-state index in [2.05, 4.69) is 6.08 Å². The Labute approximate surface area is 169 Å². The van der Waals surface area contributed by atoms with Gasteiger partial charge in [-0.1, -0.05) is 29.8 Å². The fourth-order valence-corrected chi connectivity index (χ4v) is 4.43. The second-order valence-electron chi connectivity index (χ2n) is 7.93. The summed E-state index contributed by atoms with van der Waals surface area (Å²) in [5.41, 5.74) is 3.09. The molecule has 1 aromatic carbocycles. The molecule has 3 aliphatic rings. The van der Waals surface area contributed by atoms with Gasteiger partial charge in [0.2, 0.25) is 5.91 Å². The van der Waals surface area contributed by atoms with Crippen LogP contribution in [-0.4, -0.2) is 52.7 Å². The first-order valence-corrected chi connectivity index (χ1v) is 10.2. The van der Waals surface area contributed by atoms with Gasteiger partial charge in [-0.2, -0.15) is 0 Å². The van der Waals surface area contributed by atoms with Gasteiger partial charge in [-0.05, 0) is 57.1 Å². The number of para-hydroxylation sites is 1. The standard InChI is InChI=1S/C22H25N3O4/c1-15-13-17-9-5-6-10-18(17)25(15)19(26)14-24-21(28)20(27)23(22(24)29)12-11-16-7-3-2-4-8-16/h5-7,9-10,15H,2-4,8,11-14H2,1H3. The number of benzene rings is 1. The number of rotatable bonds is 5. The summed E-state index contributed by atoms with van der Waals surface area (Å²) in [5.74, 6) is -2.11. The molecule has 1 atom stereocenters. The van der Waals surface area contributed by atoms with Gasteiger partial charge in [0.15, 0.2) is 0 Å². The highest BCUT2D eigenvalue weighted by Gasteiger charge is 2.46. The molecular weight excluding hydrogens is 370 g/mol. The van der Waals surface area contributed by atoms with Gasteiger partial charge in [0.1, 0.15) is 6.54 Å². The molecule has 1 saturated heterocycles. The summed E-state index contributed by atoms with van der Waals surface area (Å²) >= 11 is 0. The number of urea groups is 1. The molecule has 1 aliphatic carbocycles. The third-order valence-corrected chi connectivity index (χ3v) is 5.95. The van der Waals surface area contributed by atoms with E-state index in [-0.39, 0.29) is 18.5 Å². The Hall–Kier alpha value is -2.96. The minimum atomic E-state index is -0.916. The molecule has 29 heavy (non-hydrogen) atoms. The summed E-state index contributed by atoms with van der Waals surface area (Å²) in [7, 11) is 0. The van der Waals surface area contributed by atoms with Gasteiger partial charge in [-0.25, -0.2) is 9.69 Å². The largest absolute Gasteiger partial charge is 0.334 e. The molecule has 5 amide bonds. The quantitative estimate of drug-likeness (QED) is 0.436. The Balaban J connectivity index is 1.44. The number of imide groups is 2. The average molecular weight is 395 g/mol. The first kappa shape index (κ1) is 19.4. The van der Waals surface area contributed by atoms with Crippen LogP contribution < -0.4 is 4.90 Å². The second-order valence-corrected chi connectivity index (χ2v) is 7.93. The van der Waals surface area contributed by atoms with Crippen LogP contribution in [-0.2, 0) is 20.8 Å². The van der Waals surface area contributed by atoms with Crippen LogP contribution in [0.3, 0.4) is 0 Å². The number of hydrogen-bond acceptors (Lipinski definition) is 4. The second kappa shape index (κ2) is 7.81. The number of nitrogens with zero attached hydrogens (tertiary/aromatic N) is 3. The number of carbonyl (C=O) groups excluding carboxylic acids is 4. The van der Waals surface area contributed by atoms with Crippen molar-refractivity contribution in [2.24, 2.45) is 0 Å². The zero-order valence-electron chi connectivity index (χ0n) is 16.6. The number of carbonyl (C=O) groups is 4. The first-order valence-electron chi connectivity index (χ1n) is 10.2. The summed E-state index contributed by atoms with van der Waals surface area (Å²) in [4.78, 5) is 53.7. The van der Waals surface area contributed by atoms with Gasteiger partial charge in [0, 0.05) is 18.3 Å². The number of amides is 5. The lowest BCUT2D eigenvalue weighted by atomic mass is 9.97. The van der Waals surface area contributed by atoms with Gasteiger partial charge < -0.3 is 4.90 Å². The predicted molar refractivity (Wildman–Crippen MR) is 107 cm³/mol. The van der Waals surface area contributed by atoms with Crippen LogP contribution in [0.1, 0.15) is 44.6 Å². The molecule has 2 aliphatic heterocycles. The van der Waals surface area contributed by atoms with Crippen molar-refractivity contribution in [1.82, 2.24) is 9.80 Å². The number of anilines is 1. The molecule has 2 heterocycles. The summed E-state index contributed by atoms with van der Waals surface area (Å²) in [6.07, 6.45) is 7.74. The molecule has 7 heteroatoms. The van der Waals surface area contributed by atoms with Crippen LogP contribution in [0.15, 0.2) is 35.9 Å². The Morgan fingerprint density at radius 3 is 2.59 bits per heavy atom. The SMILES string of the molecule is CC1Cc2ccccc2N1C(=O)CN1C(=O)C(=O)N(CCC2=CCCCC2)C1=O. The Kier molecular flexibility index (Phi) is 5.22. The van der Waals surface area contributed by atoms with Gasteiger partial charge in [0.25, 0.3) is 0 Å². The maximum Gasteiger partial charge on any atom is 0.334 e. The predicted octanol–water partition coefficient (Wildman–Crippen LogP) is 2.65. The first-order chi connectivity index (χ1) is 14.0. The topological polar surface area (TPSA) is 78.0 Å². The van der Waals surface area contributed by atoms with E-state index in [0.29, 0.717) is 6.42 Å². The highest BCUT2D eigenvalue weighted by molar-refractivity contribution is 6.45. The van der Waals surface area contributed by atoms with E-state index in [1.54, 1.807) is 4.90 Å². The lowest BCUT2D eigenvalue weighted by Gasteiger charge is -2.24. The van der Waals surface area contributed by atoms with E-state index >= 15 is 0 Å². The van der Waals surface area contributed by atoms with E-state index < -0.39 is 24.4 Å². The monoisotopic (exact) mass is 395 g/mol. The van der Waals surface area contributed by atoms with Crippen molar-refractivity contribution in [2.75, 3.05) is 18.0 Å². The molecule has 0 aromatic heterocycles. The summed E-state index contributed by atoms with van der Waals surface area (Å²) in [5, 5.41) is 0. The fourth-order valence-electron chi connectivity index (χ4n) is 4.43. The van der Waals surface area contributed by atoms with Crippen LogP contribution >= 0.6 is 0 Å². The molecule has 0 radical (unpaired) electrons. The minimum absolute atomic E-state index is 0.0576. The normalized spacial score (nSPS) is 21.7. The van der Waals surface area contributed by atoms with E-state index in [1.807, 2.05) is 31.2 Å². The maximum absolute atomic E-state index is 12.9. The number of allylic oxidation sites excluding steroid dienone is 1. The van der Waals surface area contributed by atoms with Crippen LogP contribution in [0.4, 0.5) is 10.5 Å². The zero-order chi connectivity index (χ0) is 20.5. The van der Waals surface area contributed by atoms with Gasteiger partial charge in [0.05, 0.1) is 0 Å². The number of fused-ring (bicyclic) bond motifs is 1. The van der Waals surface area contributed by atoms with Crippen molar-refractivity contribution in [3.05, 3.63) is 41.5 Å². The van der Waals surface area contributed by atoms with Crippen molar-refractivity contribution in [3.8, 4) is 0 Å². The molecule has 1 aromatic rings. The molecule has 1 fully saturated rings. The Morgan fingerprint density at radius 1 is 1.07 bits per heavy atom. The van der Waals surface area contributed by atoms with Gasteiger partial charge in [-0.15, -0.1) is 0 Å². The molecule has 0 bridgehead atoms. The highest BCUT2D eigenvalue weighted by atomic mass is 16.2. The molecule has 152 valence electrons. The Morgan fingerprint density at radius 2 is 1.83 bits per heavy atom. The van der Waals surface area contributed by atoms with Crippen LogP contribution in [0.25, 0.3) is 0 Å². The zero-order valence-corrected chi connectivity index (χ0v) is 16.6. The van der Waals surface area contributed by atoms with E-state index in [0.717, 1.165) is 53.2 Å². The third-order valence-electron chi connectivity index (χ3n) is 5.95. The summed E-state index contributed by atoms with van der Waals surface area (Å²) in [6.45, 7) is 1.70. The molecule has 0 spiro atoms. The van der Waals surface area contributed by atoms with Crippen molar-refractivity contribution in [2.45, 2.75) is 51.5 Å². The van der Waals surface area contributed by atoms with E-state index in [1.165, 1.54) is 5.57 Å². The van der Waals surface area contributed by atoms with Crippen LogP contribution in [0, 0.1) is 0 Å². The molecule has 4 rings (SSSR count). The molecule has 0 saturated carbocycles. The summed E-state index contributed by atoms with van der Waals surface area (Å²) in [6, 6.07) is 6.86. The molecule has 1 unspecified atom stereocenters. The van der Waals surface area contributed by atoms with Crippen LogP contribution in [0.5, 0.6) is 0 Å². The molecule has 0 N–H and O–H groups in total. The molecular formula is C22H25N3O4. The summed E-state index contributed by atoms with van der Waals surface area (Å²) < 4.78 is 0. The maximum atomic E-state index is 12.9. The van der Waals surface area contributed by atoms with Crippen molar-refractivity contribution < 1.29 is 19.2 Å². The van der Waals surface area contributed by atoms with Crippen molar-refractivity contribution >= 4 is 29.4 Å². The third kappa shape index (κ3) is 3.57. The minimum Gasteiger partial charge on any atom is -0.307 e. The van der Waals surface area contributed by atoms with Gasteiger partial charge >= 0.3 is 17.8 Å². The highest BCUT2D eigenvalue weighted by Crippen LogP contribution is 2.32. The smallest absolute Gasteiger partial charge is 0.307 e. The van der Waals surface area contributed by atoms with Crippen molar-refractivity contribution in [1.29, 1.82) is 0 Å². The Bertz CT molecular complexity index is 907. The van der Waals surface area contributed by atoms with Crippen molar-refractivity contribution in [3.63, 3.8) is 0 Å².